The molecule has 0 bridgehead atoms. The Balaban J connectivity index is 0.000000758. The number of carboxylic acid groups (broad SMARTS) is 1. The molecule has 0 aliphatic heterocycles. The molecule has 0 aromatic carbocycles. The molecule has 3 aromatic heterocycles. The molecule has 0 aliphatic rings. The van der Waals surface area contributed by atoms with E-state index in [0.717, 1.165) is 5.56 Å². The van der Waals surface area contributed by atoms with E-state index in [1.807, 2.05) is 19.3 Å². The summed E-state index contributed by atoms with van der Waals surface area (Å²) in [5, 5.41) is 20.5. The number of aryl methyl sites for hydroxylation is 1. The average Bonchev–Trinajstić information content (AvgIpc) is 3.08. The fourth-order valence-electron chi connectivity index (χ4n) is 2.35. The second-order valence-corrected chi connectivity index (χ2v) is 5.00. The van der Waals surface area contributed by atoms with Crippen molar-refractivity contribution < 1.29 is 14.6 Å². The molecular weight excluding hydrogens is 336 g/mol. The van der Waals surface area contributed by atoms with E-state index in [2.05, 4.69) is 21.1 Å². The predicted molar refractivity (Wildman–Crippen MR) is 94.0 cm³/mol. The first-order chi connectivity index (χ1) is 12.5. The van der Waals surface area contributed by atoms with Gasteiger partial charge in [0, 0.05) is 36.1 Å². The van der Waals surface area contributed by atoms with Gasteiger partial charge in [0.05, 0.1) is 19.0 Å². The normalized spacial score (nSPS) is 9.58. The number of nitriles is 1. The van der Waals surface area contributed by atoms with Gasteiger partial charge < -0.3 is 15.6 Å². The summed E-state index contributed by atoms with van der Waals surface area (Å²) in [5.41, 5.74) is 9.04. The monoisotopic (exact) mass is 352 g/mol. The minimum atomic E-state index is -0.250. The van der Waals surface area contributed by atoms with Crippen LogP contribution in [0.5, 0.6) is 5.88 Å². The van der Waals surface area contributed by atoms with Gasteiger partial charge in [0.2, 0.25) is 5.88 Å². The van der Waals surface area contributed by atoms with Crippen molar-refractivity contribution in [1.82, 2.24) is 19.7 Å². The second kappa shape index (κ2) is 8.25. The number of anilines is 1. The lowest BCUT2D eigenvalue weighted by Gasteiger charge is -2.11. The summed E-state index contributed by atoms with van der Waals surface area (Å²) in [5.74, 6) is 0.585. The van der Waals surface area contributed by atoms with Crippen molar-refractivity contribution in [2.75, 3.05) is 12.8 Å². The highest BCUT2D eigenvalue weighted by molar-refractivity contribution is 5.82. The lowest BCUT2D eigenvalue weighted by Crippen LogP contribution is -2.01. The van der Waals surface area contributed by atoms with Crippen molar-refractivity contribution in [2.45, 2.75) is 0 Å². The summed E-state index contributed by atoms with van der Waals surface area (Å²) in [6.07, 6.45) is 5.15. The zero-order valence-corrected chi connectivity index (χ0v) is 14.1. The maximum Gasteiger partial charge on any atom is 0.290 e. The molecule has 9 nitrogen and oxygen atoms in total. The summed E-state index contributed by atoms with van der Waals surface area (Å²) < 4.78 is 6.97. The third kappa shape index (κ3) is 3.76. The van der Waals surface area contributed by atoms with Gasteiger partial charge in [0.1, 0.15) is 17.5 Å². The van der Waals surface area contributed by atoms with E-state index in [-0.39, 0.29) is 12.3 Å². The van der Waals surface area contributed by atoms with E-state index in [1.54, 1.807) is 29.2 Å². The molecule has 0 amide bonds. The van der Waals surface area contributed by atoms with Crippen molar-refractivity contribution >= 4 is 12.3 Å². The van der Waals surface area contributed by atoms with E-state index < -0.39 is 0 Å². The quantitative estimate of drug-likeness (QED) is 0.679. The maximum absolute atomic E-state index is 9.44. The molecule has 3 N–H and O–H groups in total. The fraction of sp³-hybridized carbons (Fsp3) is 0.118. The van der Waals surface area contributed by atoms with Crippen LogP contribution in [0, 0.1) is 11.3 Å². The van der Waals surface area contributed by atoms with Crippen LogP contribution in [-0.2, 0) is 11.8 Å². The standard InChI is InChI=1S/C16H14N6O.CH2O2/c1-22-9-10(8-20-22)14-6-12(13(7-17)15(18)21-14)11-4-3-5-19-16(11)23-2;2-1-3/h3-6,8-9H,1-2H3,(H2,18,21);1H,(H,2,3). The highest BCUT2D eigenvalue weighted by Crippen LogP contribution is 2.34. The van der Waals surface area contributed by atoms with E-state index in [1.165, 1.54) is 7.11 Å². The zero-order valence-electron chi connectivity index (χ0n) is 14.1. The highest BCUT2D eigenvalue weighted by Gasteiger charge is 2.17. The smallest absolute Gasteiger partial charge is 0.290 e. The molecule has 132 valence electrons. The van der Waals surface area contributed by atoms with Crippen LogP contribution in [0.2, 0.25) is 0 Å². The Bertz CT molecular complexity index is 961. The average molecular weight is 352 g/mol. The van der Waals surface area contributed by atoms with Gasteiger partial charge in [-0.3, -0.25) is 9.48 Å². The number of nitrogen functional groups attached to an aromatic ring is 1. The third-order valence-corrected chi connectivity index (χ3v) is 3.41. The third-order valence-electron chi connectivity index (χ3n) is 3.41. The zero-order chi connectivity index (χ0) is 19.1. The molecule has 3 heterocycles. The lowest BCUT2D eigenvalue weighted by molar-refractivity contribution is -0.122. The van der Waals surface area contributed by atoms with Crippen LogP contribution in [0.4, 0.5) is 5.82 Å². The summed E-state index contributed by atoms with van der Waals surface area (Å²) in [7, 11) is 3.35. The summed E-state index contributed by atoms with van der Waals surface area (Å²) in [6, 6.07) is 7.51. The van der Waals surface area contributed by atoms with Crippen LogP contribution in [0.3, 0.4) is 0 Å². The summed E-state index contributed by atoms with van der Waals surface area (Å²) >= 11 is 0. The molecule has 0 saturated heterocycles. The Morgan fingerprint density at radius 2 is 2.15 bits per heavy atom. The summed E-state index contributed by atoms with van der Waals surface area (Å²) in [6.45, 7) is -0.250. The summed E-state index contributed by atoms with van der Waals surface area (Å²) in [4.78, 5) is 16.8. The van der Waals surface area contributed by atoms with E-state index in [0.29, 0.717) is 28.3 Å². The highest BCUT2D eigenvalue weighted by atomic mass is 16.5. The number of nitrogens with zero attached hydrogens (tertiary/aromatic N) is 5. The number of carbonyl (C=O) groups is 1. The molecule has 0 aliphatic carbocycles. The number of rotatable bonds is 3. The van der Waals surface area contributed by atoms with Crippen LogP contribution in [0.1, 0.15) is 5.56 Å². The van der Waals surface area contributed by atoms with Gasteiger partial charge in [-0.15, -0.1) is 0 Å². The number of hydrogen-bond acceptors (Lipinski definition) is 7. The molecule has 0 saturated carbocycles. The minimum absolute atomic E-state index is 0.162. The van der Waals surface area contributed by atoms with Crippen molar-refractivity contribution in [2.24, 2.45) is 7.05 Å². The largest absolute Gasteiger partial charge is 0.483 e. The van der Waals surface area contributed by atoms with Gasteiger partial charge >= 0.3 is 0 Å². The van der Waals surface area contributed by atoms with Crippen molar-refractivity contribution in [3.63, 3.8) is 0 Å². The Labute approximate surface area is 149 Å². The number of aromatic nitrogens is 4. The van der Waals surface area contributed by atoms with Crippen LogP contribution in [0.25, 0.3) is 22.4 Å². The molecule has 0 radical (unpaired) electrons. The Kier molecular flexibility index (Phi) is 5.84. The van der Waals surface area contributed by atoms with Gasteiger partial charge in [-0.1, -0.05) is 0 Å². The molecule has 0 spiro atoms. The van der Waals surface area contributed by atoms with E-state index >= 15 is 0 Å². The van der Waals surface area contributed by atoms with Gasteiger partial charge in [0.25, 0.3) is 6.47 Å². The maximum atomic E-state index is 9.44. The van der Waals surface area contributed by atoms with E-state index in [9.17, 15) is 5.26 Å². The lowest BCUT2D eigenvalue weighted by atomic mass is 10.00. The minimum Gasteiger partial charge on any atom is -0.483 e. The number of ether oxygens (including phenoxy) is 1. The van der Waals surface area contributed by atoms with Gasteiger partial charge in [-0.05, 0) is 18.2 Å². The Morgan fingerprint density at radius 3 is 2.73 bits per heavy atom. The number of pyridine rings is 2. The van der Waals surface area contributed by atoms with Gasteiger partial charge in [-0.25, -0.2) is 9.97 Å². The number of hydrogen-bond donors (Lipinski definition) is 2. The van der Waals surface area contributed by atoms with Crippen molar-refractivity contribution in [1.29, 1.82) is 5.26 Å². The van der Waals surface area contributed by atoms with Crippen LogP contribution in [0.15, 0.2) is 36.8 Å². The SMILES string of the molecule is COc1ncccc1-c1cc(-c2cnn(C)c2)nc(N)c1C#N.O=CO. The van der Waals surface area contributed by atoms with Crippen molar-refractivity contribution in [3.8, 4) is 34.3 Å². The number of nitrogens with two attached hydrogens (primary N) is 1. The molecular formula is C17H16N6O3. The molecule has 0 atom stereocenters. The molecule has 3 rings (SSSR count). The topological polar surface area (TPSA) is 140 Å². The number of methoxy groups -OCH3 is 1. The van der Waals surface area contributed by atoms with E-state index in [4.69, 9.17) is 20.4 Å². The molecule has 26 heavy (non-hydrogen) atoms. The van der Waals surface area contributed by atoms with Crippen LogP contribution in [-0.4, -0.2) is 38.4 Å². The molecule has 0 fully saturated rings. The van der Waals surface area contributed by atoms with Crippen LogP contribution >= 0.6 is 0 Å². The van der Waals surface area contributed by atoms with Crippen molar-refractivity contribution in [3.05, 3.63) is 42.4 Å². The second-order valence-electron chi connectivity index (χ2n) is 5.00. The molecule has 0 unspecified atom stereocenters. The first-order valence-corrected chi connectivity index (χ1v) is 7.32. The first kappa shape index (κ1) is 18.4. The van der Waals surface area contributed by atoms with Crippen LogP contribution < -0.4 is 10.5 Å². The van der Waals surface area contributed by atoms with Gasteiger partial charge in [0.15, 0.2) is 0 Å². The Morgan fingerprint density at radius 1 is 1.42 bits per heavy atom. The van der Waals surface area contributed by atoms with Gasteiger partial charge in [-0.2, -0.15) is 10.4 Å². The Hall–Kier alpha value is -3.93. The first-order valence-electron chi connectivity index (χ1n) is 7.32. The molecule has 9 heteroatoms. The fourth-order valence-corrected chi connectivity index (χ4v) is 2.35. The molecule has 3 aromatic rings. The predicted octanol–water partition coefficient (Wildman–Crippen LogP) is 1.71.